The van der Waals surface area contributed by atoms with E-state index in [4.69, 9.17) is 18.6 Å². The summed E-state index contributed by atoms with van der Waals surface area (Å²) in [6, 6.07) is 10.2. The molecule has 1 heterocycles. The van der Waals surface area contributed by atoms with Crippen LogP contribution >= 0.6 is 0 Å². The molecular formula is C23H25NO6. The van der Waals surface area contributed by atoms with Gasteiger partial charge in [-0.1, -0.05) is 6.07 Å². The minimum absolute atomic E-state index is 0.384. The zero-order valence-electron chi connectivity index (χ0n) is 17.8. The standard InChI is InChI=1S/C23H25NO6/c1-6-24(7-2)23(26)29-16-9-11-18-17(13-16)14(3)21(22(25)30-18)15-8-10-19(27-4)20(12-15)28-5/h8-13H,6-7H2,1-5H3. The van der Waals surface area contributed by atoms with Crippen LogP contribution in [0.2, 0.25) is 0 Å². The summed E-state index contributed by atoms with van der Waals surface area (Å²) >= 11 is 0. The number of benzene rings is 2. The lowest BCUT2D eigenvalue weighted by Gasteiger charge is -2.18. The SMILES string of the molecule is CCN(CC)C(=O)Oc1ccc2oc(=O)c(-c3ccc(OC)c(OC)c3)c(C)c2c1. The van der Waals surface area contributed by atoms with Crippen LogP contribution in [-0.4, -0.2) is 38.3 Å². The van der Waals surface area contributed by atoms with E-state index in [-0.39, 0.29) is 0 Å². The molecule has 0 saturated carbocycles. The summed E-state index contributed by atoms with van der Waals surface area (Å²) < 4.78 is 21.6. The molecule has 0 bridgehead atoms. The van der Waals surface area contributed by atoms with Crippen molar-refractivity contribution in [3.05, 3.63) is 52.4 Å². The summed E-state index contributed by atoms with van der Waals surface area (Å²) in [5.74, 6) is 1.46. The normalized spacial score (nSPS) is 10.7. The summed E-state index contributed by atoms with van der Waals surface area (Å²) in [7, 11) is 3.09. The van der Waals surface area contributed by atoms with E-state index in [0.717, 1.165) is 0 Å². The Kier molecular flexibility index (Phi) is 6.30. The number of methoxy groups -OCH3 is 2. The van der Waals surface area contributed by atoms with Crippen LogP contribution in [-0.2, 0) is 0 Å². The van der Waals surface area contributed by atoms with Crippen molar-refractivity contribution < 1.29 is 23.4 Å². The first kappa shape index (κ1) is 21.2. The van der Waals surface area contributed by atoms with E-state index in [9.17, 15) is 9.59 Å². The maximum absolute atomic E-state index is 12.7. The quantitative estimate of drug-likeness (QED) is 0.551. The highest BCUT2D eigenvalue weighted by atomic mass is 16.6. The Morgan fingerprint density at radius 2 is 1.70 bits per heavy atom. The van der Waals surface area contributed by atoms with Gasteiger partial charge in [-0.15, -0.1) is 0 Å². The minimum Gasteiger partial charge on any atom is -0.493 e. The third-order valence-corrected chi connectivity index (χ3v) is 5.04. The summed E-state index contributed by atoms with van der Waals surface area (Å²) in [6.45, 7) is 6.72. The van der Waals surface area contributed by atoms with Crippen LogP contribution in [0.3, 0.4) is 0 Å². The van der Waals surface area contributed by atoms with Gasteiger partial charge in [0.1, 0.15) is 11.3 Å². The number of hydrogen-bond acceptors (Lipinski definition) is 6. The topological polar surface area (TPSA) is 78.2 Å². The summed E-state index contributed by atoms with van der Waals surface area (Å²) in [6.07, 6.45) is -0.422. The van der Waals surface area contributed by atoms with Gasteiger partial charge in [-0.2, -0.15) is 0 Å². The first-order valence-corrected chi connectivity index (χ1v) is 9.70. The molecule has 0 N–H and O–H groups in total. The second kappa shape index (κ2) is 8.90. The van der Waals surface area contributed by atoms with Crippen LogP contribution in [0, 0.1) is 6.92 Å². The largest absolute Gasteiger partial charge is 0.493 e. The molecule has 0 aliphatic rings. The molecular weight excluding hydrogens is 386 g/mol. The van der Waals surface area contributed by atoms with Crippen LogP contribution in [0.15, 0.2) is 45.6 Å². The molecule has 2 aromatic carbocycles. The molecule has 30 heavy (non-hydrogen) atoms. The molecule has 0 spiro atoms. The third-order valence-electron chi connectivity index (χ3n) is 5.04. The van der Waals surface area contributed by atoms with Gasteiger partial charge in [-0.3, -0.25) is 0 Å². The van der Waals surface area contributed by atoms with Crippen molar-refractivity contribution in [2.75, 3.05) is 27.3 Å². The Balaban J connectivity index is 2.09. The van der Waals surface area contributed by atoms with Crippen LogP contribution < -0.4 is 19.8 Å². The Labute approximate surface area is 174 Å². The van der Waals surface area contributed by atoms with Crippen LogP contribution in [0.25, 0.3) is 22.1 Å². The number of carbonyl (C=O) groups is 1. The summed E-state index contributed by atoms with van der Waals surface area (Å²) in [5.41, 5.74) is 1.74. The van der Waals surface area contributed by atoms with Gasteiger partial charge in [0.15, 0.2) is 11.5 Å². The van der Waals surface area contributed by atoms with Crippen molar-refractivity contribution in [3.8, 4) is 28.4 Å². The van der Waals surface area contributed by atoms with E-state index < -0.39 is 11.7 Å². The maximum atomic E-state index is 12.7. The zero-order valence-corrected chi connectivity index (χ0v) is 17.8. The van der Waals surface area contributed by atoms with Crippen LogP contribution in [0.5, 0.6) is 17.2 Å². The Morgan fingerprint density at radius 3 is 2.33 bits per heavy atom. The monoisotopic (exact) mass is 411 g/mol. The highest BCUT2D eigenvalue weighted by molar-refractivity contribution is 5.88. The highest BCUT2D eigenvalue weighted by Crippen LogP contribution is 2.34. The molecule has 0 aliphatic carbocycles. The smallest absolute Gasteiger partial charge is 0.415 e. The Hall–Kier alpha value is -3.48. The minimum atomic E-state index is -0.458. The lowest BCUT2D eigenvalue weighted by Crippen LogP contribution is -2.33. The number of ether oxygens (including phenoxy) is 3. The lowest BCUT2D eigenvalue weighted by molar-refractivity contribution is 0.157. The fourth-order valence-electron chi connectivity index (χ4n) is 3.37. The van der Waals surface area contributed by atoms with Gasteiger partial charge in [0.2, 0.25) is 0 Å². The molecule has 7 nitrogen and oxygen atoms in total. The molecule has 1 amide bonds. The number of amides is 1. The summed E-state index contributed by atoms with van der Waals surface area (Å²) in [5, 5.41) is 0.684. The van der Waals surface area contributed by atoms with E-state index in [1.165, 1.54) is 7.11 Å². The fourth-order valence-corrected chi connectivity index (χ4v) is 3.37. The molecule has 158 valence electrons. The fraction of sp³-hybridized carbons (Fsp3) is 0.304. The molecule has 0 atom stereocenters. The molecule has 0 radical (unpaired) electrons. The van der Waals surface area contributed by atoms with Gasteiger partial charge in [-0.05, 0) is 62.2 Å². The molecule has 0 aliphatic heterocycles. The van der Waals surface area contributed by atoms with Gasteiger partial charge in [0, 0.05) is 18.5 Å². The number of hydrogen-bond donors (Lipinski definition) is 0. The van der Waals surface area contributed by atoms with E-state index in [0.29, 0.717) is 58.0 Å². The average Bonchev–Trinajstić information content (AvgIpc) is 2.75. The first-order chi connectivity index (χ1) is 14.4. The number of fused-ring (bicyclic) bond motifs is 1. The Morgan fingerprint density at radius 1 is 1.00 bits per heavy atom. The average molecular weight is 411 g/mol. The van der Waals surface area contributed by atoms with Crippen molar-refractivity contribution in [2.24, 2.45) is 0 Å². The van der Waals surface area contributed by atoms with Gasteiger partial charge < -0.3 is 23.5 Å². The van der Waals surface area contributed by atoms with Gasteiger partial charge in [0.25, 0.3) is 0 Å². The first-order valence-electron chi connectivity index (χ1n) is 9.70. The molecule has 0 unspecified atom stereocenters. The van der Waals surface area contributed by atoms with Crippen molar-refractivity contribution in [3.63, 3.8) is 0 Å². The molecule has 7 heteroatoms. The number of nitrogens with zero attached hydrogens (tertiary/aromatic N) is 1. The number of carbonyl (C=O) groups excluding carboxylic acids is 1. The molecule has 0 saturated heterocycles. The molecule has 3 aromatic rings. The maximum Gasteiger partial charge on any atom is 0.415 e. The highest BCUT2D eigenvalue weighted by Gasteiger charge is 2.17. The van der Waals surface area contributed by atoms with Crippen LogP contribution in [0.4, 0.5) is 4.79 Å². The zero-order chi connectivity index (χ0) is 21.8. The Bertz CT molecular complexity index is 1130. The number of rotatable bonds is 6. The third kappa shape index (κ3) is 3.96. The molecule has 1 aromatic heterocycles. The summed E-state index contributed by atoms with van der Waals surface area (Å²) in [4.78, 5) is 26.6. The van der Waals surface area contributed by atoms with E-state index in [1.807, 2.05) is 20.8 Å². The van der Waals surface area contributed by atoms with Crippen molar-refractivity contribution in [1.29, 1.82) is 0 Å². The van der Waals surface area contributed by atoms with Crippen molar-refractivity contribution >= 4 is 17.1 Å². The predicted octanol–water partition coefficient (Wildman–Crippen LogP) is 4.63. The van der Waals surface area contributed by atoms with Gasteiger partial charge in [-0.25, -0.2) is 9.59 Å². The van der Waals surface area contributed by atoms with Gasteiger partial charge in [0.05, 0.1) is 19.8 Å². The predicted molar refractivity (Wildman–Crippen MR) is 115 cm³/mol. The van der Waals surface area contributed by atoms with E-state index >= 15 is 0 Å². The van der Waals surface area contributed by atoms with E-state index in [2.05, 4.69) is 0 Å². The second-order valence-electron chi connectivity index (χ2n) is 6.66. The second-order valence-corrected chi connectivity index (χ2v) is 6.66. The van der Waals surface area contributed by atoms with Gasteiger partial charge >= 0.3 is 11.7 Å². The lowest BCUT2D eigenvalue weighted by atomic mass is 9.99. The molecule has 0 fully saturated rings. The van der Waals surface area contributed by atoms with Crippen molar-refractivity contribution in [1.82, 2.24) is 4.90 Å². The van der Waals surface area contributed by atoms with Crippen molar-refractivity contribution in [2.45, 2.75) is 20.8 Å². The number of aryl methyl sites for hydroxylation is 1. The van der Waals surface area contributed by atoms with Crippen LogP contribution in [0.1, 0.15) is 19.4 Å². The molecule has 3 rings (SSSR count). The van der Waals surface area contributed by atoms with E-state index in [1.54, 1.807) is 48.4 Å².